The number of aromatic nitrogens is 3. The molecule has 4 aromatic rings. The van der Waals surface area contributed by atoms with E-state index in [4.69, 9.17) is 4.74 Å². The van der Waals surface area contributed by atoms with Gasteiger partial charge in [-0.15, -0.1) is 0 Å². The number of anilines is 1. The monoisotopic (exact) mass is 496 g/mol. The van der Waals surface area contributed by atoms with Crippen LogP contribution in [0.15, 0.2) is 59.5 Å². The zero-order valence-corrected chi connectivity index (χ0v) is 20.3. The molecule has 0 spiro atoms. The Balaban J connectivity index is 1.61. The number of pyridine rings is 1. The number of rotatable bonds is 5. The minimum absolute atomic E-state index is 0.0145. The van der Waals surface area contributed by atoms with Gasteiger partial charge in [0.15, 0.2) is 0 Å². The summed E-state index contributed by atoms with van der Waals surface area (Å²) in [5, 5.41) is 0. The number of imidazole rings is 1. The van der Waals surface area contributed by atoms with Crippen LogP contribution < -0.4 is 15.3 Å². The normalized spacial score (nSPS) is 16.2. The predicted octanol–water partition coefficient (Wildman–Crippen LogP) is 5.34. The Kier molecular flexibility index (Phi) is 6.02. The van der Waals surface area contributed by atoms with Crippen molar-refractivity contribution < 1.29 is 17.9 Å². The Morgan fingerprint density at radius 3 is 2.47 bits per heavy atom. The van der Waals surface area contributed by atoms with Crippen molar-refractivity contribution in [3.05, 3.63) is 87.5 Å². The Morgan fingerprint density at radius 1 is 1.06 bits per heavy atom. The van der Waals surface area contributed by atoms with Gasteiger partial charge in [-0.05, 0) is 49.1 Å². The lowest BCUT2D eigenvalue weighted by atomic mass is 10.1. The zero-order valence-electron chi connectivity index (χ0n) is 20.3. The van der Waals surface area contributed by atoms with Gasteiger partial charge in [0.25, 0.3) is 0 Å². The quantitative estimate of drug-likeness (QED) is 0.374. The van der Waals surface area contributed by atoms with Crippen LogP contribution in [0.5, 0.6) is 5.88 Å². The van der Waals surface area contributed by atoms with Crippen LogP contribution in [-0.4, -0.2) is 34.3 Å². The van der Waals surface area contributed by atoms with Crippen molar-refractivity contribution in [1.82, 2.24) is 14.1 Å². The van der Waals surface area contributed by atoms with Gasteiger partial charge in [-0.1, -0.05) is 36.4 Å². The van der Waals surface area contributed by atoms with Gasteiger partial charge >= 0.3 is 11.9 Å². The Bertz CT molecular complexity index is 1470. The fraction of sp³-hybridized carbons (Fsp3) is 0.333. The molecule has 5 rings (SSSR count). The molecule has 1 atom stereocenters. The molecule has 36 heavy (non-hydrogen) atoms. The van der Waals surface area contributed by atoms with E-state index in [0.717, 1.165) is 24.7 Å². The van der Waals surface area contributed by atoms with E-state index in [1.807, 2.05) is 6.07 Å². The second-order valence-corrected chi connectivity index (χ2v) is 9.21. The summed E-state index contributed by atoms with van der Waals surface area (Å²) in [7, 11) is 1.44. The number of aryl methyl sites for hydroxylation is 2. The molecule has 0 saturated carbocycles. The number of methoxy groups -OCH3 is 1. The first-order chi connectivity index (χ1) is 17.2. The summed E-state index contributed by atoms with van der Waals surface area (Å²) >= 11 is 0. The van der Waals surface area contributed by atoms with Gasteiger partial charge in [-0.2, -0.15) is 13.2 Å². The number of hydrogen-bond acceptors (Lipinski definition) is 4. The summed E-state index contributed by atoms with van der Waals surface area (Å²) < 4.78 is 49.6. The molecule has 1 aliphatic heterocycles. The maximum absolute atomic E-state index is 13.8. The minimum atomic E-state index is -4.53. The molecule has 6 nitrogen and oxygen atoms in total. The number of alkyl halides is 3. The molecule has 1 saturated heterocycles. The van der Waals surface area contributed by atoms with Crippen LogP contribution in [0.3, 0.4) is 0 Å². The van der Waals surface area contributed by atoms with Gasteiger partial charge < -0.3 is 9.64 Å². The Morgan fingerprint density at radius 2 is 1.78 bits per heavy atom. The maximum atomic E-state index is 13.8. The Hall–Kier alpha value is -3.75. The van der Waals surface area contributed by atoms with Crippen LogP contribution in [0.1, 0.15) is 34.7 Å². The third-order valence-electron chi connectivity index (χ3n) is 6.96. The van der Waals surface area contributed by atoms with E-state index in [9.17, 15) is 18.0 Å². The van der Waals surface area contributed by atoms with Crippen LogP contribution in [0, 0.1) is 13.8 Å². The number of benzene rings is 2. The van der Waals surface area contributed by atoms with E-state index >= 15 is 0 Å². The third kappa shape index (κ3) is 4.02. The summed E-state index contributed by atoms with van der Waals surface area (Å²) in [6.45, 7) is 5.29. The van der Waals surface area contributed by atoms with E-state index < -0.39 is 11.7 Å². The summed E-state index contributed by atoms with van der Waals surface area (Å²) in [4.78, 5) is 20.3. The molecular formula is C27H27F3N4O2. The number of para-hydroxylation sites is 1. The molecule has 0 bridgehead atoms. The molecule has 1 aliphatic rings. The summed E-state index contributed by atoms with van der Waals surface area (Å²) in [5.74, 6) is 0.206. The van der Waals surface area contributed by atoms with Gasteiger partial charge in [-0.3, -0.25) is 9.13 Å². The first kappa shape index (κ1) is 24.0. The van der Waals surface area contributed by atoms with Gasteiger partial charge in [0, 0.05) is 25.0 Å². The second kappa shape index (κ2) is 9.04. The Labute approximate surface area is 206 Å². The molecular weight excluding hydrogens is 469 g/mol. The lowest BCUT2D eigenvalue weighted by molar-refractivity contribution is -0.138. The molecule has 1 fully saturated rings. The largest absolute Gasteiger partial charge is 0.479 e. The van der Waals surface area contributed by atoms with Gasteiger partial charge in [-0.25, -0.2) is 9.78 Å². The molecule has 9 heteroatoms. The average molecular weight is 497 g/mol. The van der Waals surface area contributed by atoms with Crippen LogP contribution in [0.4, 0.5) is 18.9 Å². The van der Waals surface area contributed by atoms with E-state index in [0.29, 0.717) is 17.6 Å². The molecule has 0 radical (unpaired) electrons. The number of halogens is 3. The van der Waals surface area contributed by atoms with Crippen LogP contribution in [-0.2, 0) is 12.7 Å². The highest BCUT2D eigenvalue weighted by molar-refractivity contribution is 5.81. The fourth-order valence-electron chi connectivity index (χ4n) is 5.42. The van der Waals surface area contributed by atoms with E-state index in [1.54, 1.807) is 22.9 Å². The van der Waals surface area contributed by atoms with Crippen molar-refractivity contribution in [2.24, 2.45) is 0 Å². The van der Waals surface area contributed by atoms with Crippen LogP contribution in [0.25, 0.3) is 11.0 Å². The molecule has 2 aromatic carbocycles. The SMILES string of the molecule is COc1nccc2c1n(Cc1ccccc1C(F)(F)F)c(=O)n2C1CCN(c2c(C)cccc2C)C1. The van der Waals surface area contributed by atoms with Crippen molar-refractivity contribution in [3.63, 3.8) is 0 Å². The molecule has 2 aromatic heterocycles. The molecule has 0 aliphatic carbocycles. The molecule has 0 N–H and O–H groups in total. The maximum Gasteiger partial charge on any atom is 0.416 e. The average Bonchev–Trinajstić information content (AvgIpc) is 3.41. The predicted molar refractivity (Wildman–Crippen MR) is 133 cm³/mol. The molecule has 3 heterocycles. The van der Waals surface area contributed by atoms with Crippen molar-refractivity contribution in [2.75, 3.05) is 25.1 Å². The van der Waals surface area contributed by atoms with Crippen molar-refractivity contribution in [3.8, 4) is 5.88 Å². The van der Waals surface area contributed by atoms with E-state index in [1.165, 1.54) is 34.9 Å². The first-order valence-electron chi connectivity index (χ1n) is 11.8. The van der Waals surface area contributed by atoms with E-state index in [-0.39, 0.29) is 29.7 Å². The smallest absolute Gasteiger partial charge is 0.416 e. The lowest BCUT2D eigenvalue weighted by Gasteiger charge is -2.23. The lowest BCUT2D eigenvalue weighted by Crippen LogP contribution is -2.30. The molecule has 1 unspecified atom stereocenters. The number of hydrogen-bond donors (Lipinski definition) is 0. The van der Waals surface area contributed by atoms with Gasteiger partial charge in [0.05, 0.1) is 30.8 Å². The first-order valence-corrected chi connectivity index (χ1v) is 11.8. The fourth-order valence-corrected chi connectivity index (χ4v) is 5.42. The van der Waals surface area contributed by atoms with Crippen molar-refractivity contribution >= 4 is 16.7 Å². The number of fused-ring (bicyclic) bond motifs is 1. The van der Waals surface area contributed by atoms with Gasteiger partial charge in [0.1, 0.15) is 5.52 Å². The summed E-state index contributed by atoms with van der Waals surface area (Å²) in [6.07, 6.45) is -2.24. The number of nitrogens with zero attached hydrogens (tertiary/aromatic N) is 4. The highest BCUT2D eigenvalue weighted by atomic mass is 19.4. The minimum Gasteiger partial charge on any atom is -0.479 e. The second-order valence-electron chi connectivity index (χ2n) is 9.21. The van der Waals surface area contributed by atoms with Crippen molar-refractivity contribution in [1.29, 1.82) is 0 Å². The van der Waals surface area contributed by atoms with E-state index in [2.05, 4.69) is 35.9 Å². The van der Waals surface area contributed by atoms with Gasteiger partial charge in [0.2, 0.25) is 5.88 Å². The summed E-state index contributed by atoms with van der Waals surface area (Å²) in [5.41, 5.74) is 3.37. The topological polar surface area (TPSA) is 52.3 Å². The summed E-state index contributed by atoms with van der Waals surface area (Å²) in [6, 6.07) is 13.1. The van der Waals surface area contributed by atoms with Crippen LogP contribution >= 0.6 is 0 Å². The zero-order chi connectivity index (χ0) is 25.6. The number of ether oxygens (including phenoxy) is 1. The molecule has 188 valence electrons. The highest BCUT2D eigenvalue weighted by Crippen LogP contribution is 2.35. The third-order valence-corrected chi connectivity index (χ3v) is 6.96. The van der Waals surface area contributed by atoms with Crippen molar-refractivity contribution in [2.45, 2.75) is 39.0 Å². The standard InChI is InChI=1S/C27H27F3N4O2/c1-17-7-6-8-18(2)23(17)32-14-12-20(16-32)34-22-11-13-31-25(36-3)24(22)33(26(34)35)15-19-9-4-5-10-21(19)27(28,29)30/h4-11,13,20H,12,14-16H2,1-3H3. The molecule has 0 amide bonds. The highest BCUT2D eigenvalue weighted by Gasteiger charge is 2.34. The van der Waals surface area contributed by atoms with Crippen LogP contribution in [0.2, 0.25) is 0 Å².